The van der Waals surface area contributed by atoms with Gasteiger partial charge in [0.1, 0.15) is 0 Å². The van der Waals surface area contributed by atoms with Gasteiger partial charge in [-0.05, 0) is 49.1 Å². The van der Waals surface area contributed by atoms with Gasteiger partial charge in [-0.3, -0.25) is 4.79 Å². The summed E-state index contributed by atoms with van der Waals surface area (Å²) in [6.07, 6.45) is 0.899. The van der Waals surface area contributed by atoms with E-state index in [1.54, 1.807) is 4.52 Å². The Hall–Kier alpha value is -3.19. The van der Waals surface area contributed by atoms with Crippen LogP contribution in [0.25, 0.3) is 5.78 Å². The Morgan fingerprint density at radius 3 is 2.68 bits per heavy atom. The number of hydrogen-bond donors (Lipinski definition) is 0. The van der Waals surface area contributed by atoms with Crippen LogP contribution in [0.1, 0.15) is 38.4 Å². The highest BCUT2D eigenvalue weighted by Crippen LogP contribution is 2.25. The molecule has 6 nitrogen and oxygen atoms in total. The average Bonchev–Trinajstić information content (AvgIpc) is 3.20. The van der Waals surface area contributed by atoms with Crippen LogP contribution in [0.4, 0.5) is 0 Å². The average molecular weight is 430 g/mol. The molecule has 0 aliphatic carbocycles. The van der Waals surface area contributed by atoms with Crippen molar-refractivity contribution in [2.45, 2.75) is 37.7 Å². The smallest absolute Gasteiger partial charge is 0.254 e. The Bertz CT molecular complexity index is 1280. The summed E-state index contributed by atoms with van der Waals surface area (Å²) >= 11 is 1.53. The number of carbonyl (C=O) groups is 1. The van der Waals surface area contributed by atoms with Crippen molar-refractivity contribution in [2.75, 3.05) is 6.54 Å². The van der Waals surface area contributed by atoms with E-state index in [-0.39, 0.29) is 5.91 Å². The summed E-state index contributed by atoms with van der Waals surface area (Å²) in [4.78, 5) is 24.3. The molecule has 7 heteroatoms. The van der Waals surface area contributed by atoms with E-state index < -0.39 is 0 Å². The highest BCUT2D eigenvalue weighted by molar-refractivity contribution is 7.98. The number of hydrogen-bond acceptors (Lipinski definition) is 5. The minimum absolute atomic E-state index is 0.0850. The molecule has 0 N–H and O–H groups in total. The predicted octanol–water partition coefficient (Wildman–Crippen LogP) is 4.23. The van der Waals surface area contributed by atoms with Crippen LogP contribution in [0.3, 0.4) is 0 Å². The number of aromatic nitrogens is 4. The van der Waals surface area contributed by atoms with Gasteiger partial charge in [0, 0.05) is 35.8 Å². The number of aryl methyl sites for hydroxylation is 2. The summed E-state index contributed by atoms with van der Waals surface area (Å²) in [5.74, 6) is 1.32. The van der Waals surface area contributed by atoms with E-state index in [0.29, 0.717) is 23.2 Å². The molecule has 0 saturated carbocycles. The van der Waals surface area contributed by atoms with Crippen molar-refractivity contribution in [3.8, 4) is 0 Å². The van der Waals surface area contributed by atoms with Crippen molar-refractivity contribution in [3.05, 3.63) is 88.2 Å². The first-order valence-corrected chi connectivity index (χ1v) is 11.3. The van der Waals surface area contributed by atoms with Gasteiger partial charge < -0.3 is 4.90 Å². The van der Waals surface area contributed by atoms with Crippen LogP contribution < -0.4 is 0 Å². The molecular formula is C24H23N5OS. The highest BCUT2D eigenvalue weighted by Gasteiger charge is 2.23. The summed E-state index contributed by atoms with van der Waals surface area (Å²) in [7, 11) is 0. The third-order valence-electron chi connectivity index (χ3n) is 5.62. The zero-order valence-electron chi connectivity index (χ0n) is 17.6. The summed E-state index contributed by atoms with van der Waals surface area (Å²) in [5, 5.41) is 5.23. The van der Waals surface area contributed by atoms with Crippen molar-refractivity contribution in [1.82, 2.24) is 24.5 Å². The lowest BCUT2D eigenvalue weighted by Crippen LogP contribution is -2.36. The van der Waals surface area contributed by atoms with Gasteiger partial charge in [0.25, 0.3) is 11.7 Å². The third-order valence-corrected chi connectivity index (χ3v) is 6.51. The topological polar surface area (TPSA) is 63.4 Å². The molecule has 0 unspecified atom stereocenters. The number of nitrogens with zero attached hydrogens (tertiary/aromatic N) is 5. The highest BCUT2D eigenvalue weighted by atomic mass is 32.2. The molecule has 2 aromatic carbocycles. The first-order valence-electron chi connectivity index (χ1n) is 10.4. The number of carbonyl (C=O) groups excluding carboxylic acids is 1. The standard InChI is InChI=1S/C24H23N5OS/c1-16-13-17(2)29-23(25-16)26-24(27-29)31-15-20-9-5-6-10-21(20)22(30)28-12-11-18-7-3-4-8-19(18)14-28/h3-10,13H,11-12,14-15H2,1-2H3. The molecule has 4 aromatic rings. The fraction of sp³-hybridized carbons (Fsp3) is 0.250. The maximum absolute atomic E-state index is 13.3. The van der Waals surface area contributed by atoms with E-state index in [4.69, 9.17) is 0 Å². The molecule has 0 radical (unpaired) electrons. The molecule has 1 aliphatic rings. The van der Waals surface area contributed by atoms with E-state index in [1.807, 2.05) is 55.1 Å². The lowest BCUT2D eigenvalue weighted by molar-refractivity contribution is 0.0734. The molecule has 0 saturated heterocycles. The zero-order valence-corrected chi connectivity index (χ0v) is 18.4. The minimum Gasteiger partial charge on any atom is -0.334 e. The molecule has 31 heavy (non-hydrogen) atoms. The van der Waals surface area contributed by atoms with Gasteiger partial charge in [-0.15, -0.1) is 5.10 Å². The molecule has 3 heterocycles. The molecular weight excluding hydrogens is 406 g/mol. The van der Waals surface area contributed by atoms with E-state index in [0.717, 1.165) is 35.5 Å². The Labute approximate surface area is 185 Å². The van der Waals surface area contributed by atoms with Crippen LogP contribution >= 0.6 is 11.8 Å². The van der Waals surface area contributed by atoms with E-state index >= 15 is 0 Å². The summed E-state index contributed by atoms with van der Waals surface area (Å²) in [5.41, 5.74) is 6.25. The fourth-order valence-electron chi connectivity index (χ4n) is 4.05. The lowest BCUT2D eigenvalue weighted by atomic mass is 9.98. The molecule has 0 spiro atoms. The van der Waals surface area contributed by atoms with Gasteiger partial charge in [0.15, 0.2) is 0 Å². The second kappa shape index (κ2) is 8.15. The van der Waals surface area contributed by atoms with E-state index in [9.17, 15) is 4.79 Å². The van der Waals surface area contributed by atoms with Crippen molar-refractivity contribution >= 4 is 23.4 Å². The fourth-order valence-corrected chi connectivity index (χ4v) is 4.87. The van der Waals surface area contributed by atoms with Crippen LogP contribution in [-0.2, 0) is 18.7 Å². The van der Waals surface area contributed by atoms with Gasteiger partial charge in [-0.25, -0.2) is 9.50 Å². The molecule has 0 fully saturated rings. The van der Waals surface area contributed by atoms with E-state index in [2.05, 4.69) is 33.3 Å². The van der Waals surface area contributed by atoms with Crippen LogP contribution in [-0.4, -0.2) is 36.9 Å². The summed E-state index contributed by atoms with van der Waals surface area (Å²) in [6.45, 7) is 5.36. The summed E-state index contributed by atoms with van der Waals surface area (Å²) < 4.78 is 1.76. The number of rotatable bonds is 4. The lowest BCUT2D eigenvalue weighted by Gasteiger charge is -2.29. The number of amides is 1. The molecule has 1 aliphatic heterocycles. The first-order chi connectivity index (χ1) is 15.1. The maximum Gasteiger partial charge on any atom is 0.254 e. The molecule has 156 valence electrons. The number of thioether (sulfide) groups is 1. The van der Waals surface area contributed by atoms with Crippen molar-refractivity contribution in [1.29, 1.82) is 0 Å². The first kappa shape index (κ1) is 19.8. The predicted molar refractivity (Wildman–Crippen MR) is 121 cm³/mol. The van der Waals surface area contributed by atoms with Crippen LogP contribution in [0.5, 0.6) is 0 Å². The molecule has 0 atom stereocenters. The Morgan fingerprint density at radius 1 is 1.03 bits per heavy atom. The Morgan fingerprint density at radius 2 is 1.81 bits per heavy atom. The van der Waals surface area contributed by atoms with Crippen molar-refractivity contribution in [3.63, 3.8) is 0 Å². The molecule has 1 amide bonds. The maximum atomic E-state index is 13.3. The summed E-state index contributed by atoms with van der Waals surface area (Å²) in [6, 6.07) is 18.2. The second-order valence-corrected chi connectivity index (χ2v) is 8.78. The van der Waals surface area contributed by atoms with Gasteiger partial charge in [-0.2, -0.15) is 4.98 Å². The zero-order chi connectivity index (χ0) is 21.4. The van der Waals surface area contributed by atoms with Gasteiger partial charge in [0.05, 0.1) is 0 Å². The van der Waals surface area contributed by atoms with Crippen LogP contribution in [0.15, 0.2) is 59.8 Å². The van der Waals surface area contributed by atoms with E-state index in [1.165, 1.54) is 22.9 Å². The quantitative estimate of drug-likeness (QED) is 0.454. The molecule has 5 rings (SSSR count). The third kappa shape index (κ3) is 3.93. The van der Waals surface area contributed by atoms with Gasteiger partial charge in [0.2, 0.25) is 5.16 Å². The minimum atomic E-state index is 0.0850. The van der Waals surface area contributed by atoms with Gasteiger partial charge >= 0.3 is 0 Å². The van der Waals surface area contributed by atoms with Crippen molar-refractivity contribution in [2.24, 2.45) is 0 Å². The van der Waals surface area contributed by atoms with Crippen molar-refractivity contribution < 1.29 is 4.79 Å². The normalized spacial score (nSPS) is 13.4. The largest absolute Gasteiger partial charge is 0.334 e. The Kier molecular flexibility index (Phi) is 5.19. The number of fused-ring (bicyclic) bond motifs is 2. The SMILES string of the molecule is Cc1cc(C)n2nc(SCc3ccccc3C(=O)N3CCc4ccccc4C3)nc2n1. The van der Waals surface area contributed by atoms with Gasteiger partial charge in [-0.1, -0.05) is 54.2 Å². The Balaban J connectivity index is 1.35. The molecule has 2 aromatic heterocycles. The molecule has 0 bridgehead atoms. The second-order valence-electron chi connectivity index (χ2n) is 7.84. The number of benzene rings is 2. The van der Waals surface area contributed by atoms with Crippen LogP contribution in [0, 0.1) is 13.8 Å². The monoisotopic (exact) mass is 429 g/mol. The van der Waals surface area contributed by atoms with Crippen LogP contribution in [0.2, 0.25) is 0 Å².